The second-order valence-corrected chi connectivity index (χ2v) is 4.77. The molecule has 0 aliphatic carbocycles. The van der Waals surface area contributed by atoms with Crippen LogP contribution in [0, 0.1) is 11.3 Å². The van der Waals surface area contributed by atoms with Gasteiger partial charge in [-0.05, 0) is 26.0 Å². The van der Waals surface area contributed by atoms with Crippen molar-refractivity contribution in [3.8, 4) is 6.07 Å². The van der Waals surface area contributed by atoms with Gasteiger partial charge in [-0.15, -0.1) is 0 Å². The number of hydrogen-bond acceptors (Lipinski definition) is 3. The van der Waals surface area contributed by atoms with Gasteiger partial charge < -0.3 is 10.2 Å². The molecule has 20 heavy (non-hydrogen) atoms. The van der Waals surface area contributed by atoms with Crippen LogP contribution in [0.3, 0.4) is 0 Å². The molecule has 1 aromatic rings. The Morgan fingerprint density at radius 2 is 2.00 bits per heavy atom. The minimum Gasteiger partial charge on any atom is -0.354 e. The second-order valence-electron chi connectivity index (χ2n) is 4.77. The molecule has 106 valence electrons. The highest BCUT2D eigenvalue weighted by molar-refractivity contribution is 5.93. The Bertz CT molecular complexity index is 532. The van der Waals surface area contributed by atoms with E-state index >= 15 is 0 Å². The highest BCUT2D eigenvalue weighted by Crippen LogP contribution is 2.20. The number of rotatable bonds is 5. The van der Waals surface area contributed by atoms with Gasteiger partial charge in [0.25, 0.3) is 0 Å². The van der Waals surface area contributed by atoms with Crippen LogP contribution >= 0.6 is 0 Å². The fourth-order valence-electron chi connectivity index (χ4n) is 1.86. The first-order valence-corrected chi connectivity index (χ1v) is 6.52. The lowest BCUT2D eigenvalue weighted by Crippen LogP contribution is -2.36. The van der Waals surface area contributed by atoms with Crippen molar-refractivity contribution in [2.24, 2.45) is 0 Å². The fraction of sp³-hybridized carbons (Fsp3) is 0.400. The number of para-hydroxylation sites is 1. The van der Waals surface area contributed by atoms with Crippen molar-refractivity contribution in [3.63, 3.8) is 0 Å². The van der Waals surface area contributed by atoms with Crippen LogP contribution in [0.4, 0.5) is 5.69 Å². The van der Waals surface area contributed by atoms with E-state index in [1.165, 1.54) is 11.8 Å². The molecular weight excluding hydrogens is 254 g/mol. The van der Waals surface area contributed by atoms with Crippen LogP contribution < -0.4 is 10.2 Å². The number of carbonyl (C=O) groups is 2. The van der Waals surface area contributed by atoms with E-state index in [4.69, 9.17) is 5.26 Å². The molecule has 0 saturated carbocycles. The molecule has 0 unspecified atom stereocenters. The summed E-state index contributed by atoms with van der Waals surface area (Å²) in [5.74, 6) is -0.300. The van der Waals surface area contributed by atoms with Crippen LogP contribution in [0.1, 0.15) is 32.8 Å². The Labute approximate surface area is 119 Å². The summed E-state index contributed by atoms with van der Waals surface area (Å²) in [5.41, 5.74) is 0.965. The fourth-order valence-corrected chi connectivity index (χ4v) is 1.86. The lowest BCUT2D eigenvalue weighted by Gasteiger charge is -2.22. The standard InChI is InChI=1S/C15H19N3O2/c1-11(2)17-15(20)8-9-18(12(3)19)14-7-5-4-6-13(14)10-16/h4-7,11H,8-9H2,1-3H3,(H,17,20). The topological polar surface area (TPSA) is 73.2 Å². The van der Waals surface area contributed by atoms with Gasteiger partial charge in [0, 0.05) is 25.9 Å². The van der Waals surface area contributed by atoms with E-state index in [-0.39, 0.29) is 30.8 Å². The molecule has 1 rings (SSSR count). The minimum atomic E-state index is -0.190. The average Bonchev–Trinajstić information content (AvgIpc) is 2.38. The van der Waals surface area contributed by atoms with Crippen LogP contribution in [0.5, 0.6) is 0 Å². The van der Waals surface area contributed by atoms with Gasteiger partial charge in [-0.25, -0.2) is 0 Å². The van der Waals surface area contributed by atoms with Gasteiger partial charge in [-0.3, -0.25) is 9.59 Å². The number of anilines is 1. The van der Waals surface area contributed by atoms with Gasteiger partial charge >= 0.3 is 0 Å². The Kier molecular flexibility index (Phi) is 5.73. The number of nitrogens with zero attached hydrogens (tertiary/aromatic N) is 2. The maximum absolute atomic E-state index is 11.7. The summed E-state index contributed by atoms with van der Waals surface area (Å²) in [4.78, 5) is 24.8. The summed E-state index contributed by atoms with van der Waals surface area (Å²) in [5, 5.41) is 11.9. The van der Waals surface area contributed by atoms with E-state index in [0.29, 0.717) is 11.3 Å². The van der Waals surface area contributed by atoms with E-state index in [1.807, 2.05) is 13.8 Å². The average molecular weight is 273 g/mol. The van der Waals surface area contributed by atoms with Crippen molar-refractivity contribution in [2.45, 2.75) is 33.2 Å². The van der Waals surface area contributed by atoms with Crippen LogP contribution in [0.25, 0.3) is 0 Å². The molecule has 0 aliphatic rings. The molecule has 5 heteroatoms. The molecule has 0 fully saturated rings. The number of benzene rings is 1. The summed E-state index contributed by atoms with van der Waals surface area (Å²) in [6.45, 7) is 5.44. The number of amides is 2. The Hall–Kier alpha value is -2.35. The van der Waals surface area contributed by atoms with E-state index in [2.05, 4.69) is 11.4 Å². The van der Waals surface area contributed by atoms with Gasteiger partial charge in [-0.2, -0.15) is 5.26 Å². The third-order valence-corrected chi connectivity index (χ3v) is 2.71. The van der Waals surface area contributed by atoms with Crippen LogP contribution in [-0.2, 0) is 9.59 Å². The molecule has 0 radical (unpaired) electrons. The summed E-state index contributed by atoms with van der Waals surface area (Å²) in [6, 6.07) is 8.99. The van der Waals surface area contributed by atoms with Gasteiger partial charge in [0.05, 0.1) is 11.3 Å². The quantitative estimate of drug-likeness (QED) is 0.889. The number of nitrogens with one attached hydrogen (secondary N) is 1. The van der Waals surface area contributed by atoms with E-state index in [0.717, 1.165) is 0 Å². The minimum absolute atomic E-state index is 0.0691. The highest BCUT2D eigenvalue weighted by atomic mass is 16.2. The van der Waals surface area contributed by atoms with Crippen molar-refractivity contribution in [3.05, 3.63) is 29.8 Å². The Balaban J connectivity index is 2.83. The number of carbonyl (C=O) groups excluding carboxylic acids is 2. The molecule has 0 aliphatic heterocycles. The number of nitriles is 1. The molecule has 2 amide bonds. The van der Waals surface area contributed by atoms with Gasteiger partial charge in [0.1, 0.15) is 6.07 Å². The normalized spacial score (nSPS) is 9.95. The molecule has 0 bridgehead atoms. The molecule has 0 spiro atoms. The monoisotopic (exact) mass is 273 g/mol. The lowest BCUT2D eigenvalue weighted by atomic mass is 10.1. The molecular formula is C15H19N3O2. The predicted octanol–water partition coefficient (Wildman–Crippen LogP) is 1.83. The molecule has 1 aromatic carbocycles. The largest absolute Gasteiger partial charge is 0.354 e. The SMILES string of the molecule is CC(=O)N(CCC(=O)NC(C)C)c1ccccc1C#N. The predicted molar refractivity (Wildman–Crippen MR) is 77.1 cm³/mol. The molecule has 0 heterocycles. The lowest BCUT2D eigenvalue weighted by molar-refractivity contribution is -0.121. The maximum atomic E-state index is 11.7. The summed E-state index contributed by atoms with van der Waals surface area (Å²) < 4.78 is 0. The smallest absolute Gasteiger partial charge is 0.223 e. The molecule has 0 atom stereocenters. The first kappa shape index (κ1) is 15.7. The van der Waals surface area contributed by atoms with E-state index < -0.39 is 0 Å². The van der Waals surface area contributed by atoms with Crippen molar-refractivity contribution in [1.29, 1.82) is 5.26 Å². The number of hydrogen-bond donors (Lipinski definition) is 1. The second kappa shape index (κ2) is 7.29. The molecule has 0 aromatic heterocycles. The van der Waals surface area contributed by atoms with Crippen LogP contribution in [-0.4, -0.2) is 24.4 Å². The summed E-state index contributed by atoms with van der Waals surface area (Å²) in [7, 11) is 0. The van der Waals surface area contributed by atoms with Crippen LogP contribution in [0.2, 0.25) is 0 Å². The first-order chi connectivity index (χ1) is 9.45. The van der Waals surface area contributed by atoms with Gasteiger partial charge in [-0.1, -0.05) is 12.1 Å². The first-order valence-electron chi connectivity index (χ1n) is 6.52. The zero-order valence-electron chi connectivity index (χ0n) is 12.0. The van der Waals surface area contributed by atoms with Crippen molar-refractivity contribution >= 4 is 17.5 Å². The van der Waals surface area contributed by atoms with Crippen LogP contribution in [0.15, 0.2) is 24.3 Å². The summed E-state index contributed by atoms with van der Waals surface area (Å²) in [6.07, 6.45) is 0.206. The van der Waals surface area contributed by atoms with E-state index in [9.17, 15) is 9.59 Å². The van der Waals surface area contributed by atoms with Gasteiger partial charge in [0.15, 0.2) is 0 Å². The van der Waals surface area contributed by atoms with Crippen molar-refractivity contribution < 1.29 is 9.59 Å². The zero-order valence-corrected chi connectivity index (χ0v) is 12.0. The summed E-state index contributed by atoms with van der Waals surface area (Å²) >= 11 is 0. The third-order valence-electron chi connectivity index (χ3n) is 2.71. The molecule has 0 saturated heterocycles. The van der Waals surface area contributed by atoms with Gasteiger partial charge in [0.2, 0.25) is 11.8 Å². The zero-order chi connectivity index (χ0) is 15.1. The Morgan fingerprint density at radius 1 is 1.35 bits per heavy atom. The maximum Gasteiger partial charge on any atom is 0.223 e. The molecule has 5 nitrogen and oxygen atoms in total. The highest BCUT2D eigenvalue weighted by Gasteiger charge is 2.16. The van der Waals surface area contributed by atoms with E-state index in [1.54, 1.807) is 24.3 Å². The Morgan fingerprint density at radius 3 is 2.55 bits per heavy atom. The van der Waals surface area contributed by atoms with Crippen molar-refractivity contribution in [2.75, 3.05) is 11.4 Å². The van der Waals surface area contributed by atoms with Crippen molar-refractivity contribution in [1.82, 2.24) is 5.32 Å². The third kappa shape index (κ3) is 4.39. The molecule has 1 N–H and O–H groups in total.